The van der Waals surface area contributed by atoms with Gasteiger partial charge < -0.3 is 9.88 Å². The van der Waals surface area contributed by atoms with E-state index in [9.17, 15) is 9.59 Å². The van der Waals surface area contributed by atoms with Crippen molar-refractivity contribution in [3.8, 4) is 0 Å². The fourth-order valence-electron chi connectivity index (χ4n) is 2.02. The van der Waals surface area contributed by atoms with E-state index in [1.807, 2.05) is 38.1 Å². The standard InChI is InChI=1S/C15H16N2O2/c1-3-17(13-7-5-4-6-11(13)2)15(19)12-8-9-16-14(18)10-12/h4-10H,3H2,1-2H3,(H,16,18). The molecular weight excluding hydrogens is 240 g/mol. The van der Waals surface area contributed by atoms with Gasteiger partial charge in [-0.1, -0.05) is 18.2 Å². The maximum absolute atomic E-state index is 12.5. The number of pyridine rings is 1. The minimum Gasteiger partial charge on any atom is -0.329 e. The fraction of sp³-hybridized carbons (Fsp3) is 0.200. The zero-order valence-electron chi connectivity index (χ0n) is 11.0. The van der Waals surface area contributed by atoms with Crippen LogP contribution < -0.4 is 10.5 Å². The normalized spacial score (nSPS) is 10.2. The molecule has 0 radical (unpaired) electrons. The molecule has 0 bridgehead atoms. The predicted octanol–water partition coefficient (Wildman–Crippen LogP) is 2.35. The van der Waals surface area contributed by atoms with Crippen LogP contribution in [0.15, 0.2) is 47.4 Å². The van der Waals surface area contributed by atoms with E-state index >= 15 is 0 Å². The molecule has 0 spiro atoms. The number of aromatic amines is 1. The molecule has 1 aromatic carbocycles. The van der Waals surface area contributed by atoms with Gasteiger partial charge in [0, 0.05) is 30.1 Å². The molecule has 0 fully saturated rings. The van der Waals surface area contributed by atoms with E-state index in [0.29, 0.717) is 12.1 Å². The highest BCUT2D eigenvalue weighted by atomic mass is 16.2. The average molecular weight is 256 g/mol. The summed E-state index contributed by atoms with van der Waals surface area (Å²) in [6.07, 6.45) is 1.49. The first-order chi connectivity index (χ1) is 9.13. The van der Waals surface area contributed by atoms with Gasteiger partial charge in [-0.05, 0) is 31.5 Å². The lowest BCUT2D eigenvalue weighted by Crippen LogP contribution is -2.31. The number of nitrogens with zero attached hydrogens (tertiary/aromatic N) is 1. The molecule has 1 aromatic heterocycles. The van der Waals surface area contributed by atoms with Crippen LogP contribution in [0.4, 0.5) is 5.69 Å². The fourth-order valence-corrected chi connectivity index (χ4v) is 2.02. The molecule has 2 aromatic rings. The molecule has 1 heterocycles. The van der Waals surface area contributed by atoms with Crippen LogP contribution in [0.3, 0.4) is 0 Å². The summed E-state index contributed by atoms with van der Waals surface area (Å²) < 4.78 is 0. The van der Waals surface area contributed by atoms with E-state index in [1.165, 1.54) is 12.3 Å². The molecule has 0 saturated carbocycles. The summed E-state index contributed by atoms with van der Waals surface area (Å²) in [7, 11) is 0. The zero-order valence-corrected chi connectivity index (χ0v) is 11.0. The molecule has 0 saturated heterocycles. The van der Waals surface area contributed by atoms with Gasteiger partial charge in [0.05, 0.1) is 0 Å². The number of benzene rings is 1. The lowest BCUT2D eigenvalue weighted by molar-refractivity contribution is 0.0988. The van der Waals surface area contributed by atoms with Gasteiger partial charge in [0.1, 0.15) is 0 Å². The summed E-state index contributed by atoms with van der Waals surface area (Å²) in [5, 5.41) is 0. The highest BCUT2D eigenvalue weighted by Gasteiger charge is 2.17. The lowest BCUT2D eigenvalue weighted by atomic mass is 10.1. The van der Waals surface area contributed by atoms with E-state index in [2.05, 4.69) is 4.98 Å². The second-order valence-corrected chi connectivity index (χ2v) is 4.28. The number of H-pyrrole nitrogens is 1. The third-order valence-electron chi connectivity index (χ3n) is 2.99. The van der Waals surface area contributed by atoms with Crippen LogP contribution in [-0.4, -0.2) is 17.4 Å². The summed E-state index contributed by atoms with van der Waals surface area (Å²) in [6.45, 7) is 4.43. The number of aryl methyl sites for hydroxylation is 1. The molecule has 0 aliphatic heterocycles. The van der Waals surface area contributed by atoms with Crippen molar-refractivity contribution in [1.82, 2.24) is 4.98 Å². The number of hydrogen-bond acceptors (Lipinski definition) is 2. The second kappa shape index (κ2) is 5.52. The monoisotopic (exact) mass is 256 g/mol. The van der Waals surface area contributed by atoms with Crippen molar-refractivity contribution in [2.24, 2.45) is 0 Å². The van der Waals surface area contributed by atoms with E-state index in [1.54, 1.807) is 11.0 Å². The van der Waals surface area contributed by atoms with Gasteiger partial charge in [0.25, 0.3) is 5.91 Å². The minimum atomic E-state index is -0.272. The number of aromatic nitrogens is 1. The van der Waals surface area contributed by atoms with Gasteiger partial charge >= 0.3 is 0 Å². The van der Waals surface area contributed by atoms with Crippen LogP contribution in [0.25, 0.3) is 0 Å². The third-order valence-corrected chi connectivity index (χ3v) is 2.99. The second-order valence-electron chi connectivity index (χ2n) is 4.28. The summed E-state index contributed by atoms with van der Waals surface area (Å²) in [4.78, 5) is 27.9. The Morgan fingerprint density at radius 1 is 1.26 bits per heavy atom. The summed E-state index contributed by atoms with van der Waals surface area (Å²) in [6, 6.07) is 10.6. The van der Waals surface area contributed by atoms with Gasteiger partial charge in [0.2, 0.25) is 5.56 Å². The first-order valence-corrected chi connectivity index (χ1v) is 6.19. The van der Waals surface area contributed by atoms with E-state index in [-0.39, 0.29) is 11.5 Å². The number of carbonyl (C=O) groups excluding carboxylic acids is 1. The van der Waals surface area contributed by atoms with Crippen molar-refractivity contribution in [2.75, 3.05) is 11.4 Å². The van der Waals surface area contributed by atoms with Crippen LogP contribution in [0.5, 0.6) is 0 Å². The number of anilines is 1. The largest absolute Gasteiger partial charge is 0.329 e. The van der Waals surface area contributed by atoms with Gasteiger partial charge in [-0.25, -0.2) is 0 Å². The Kier molecular flexibility index (Phi) is 3.80. The minimum absolute atomic E-state index is 0.164. The Balaban J connectivity index is 2.41. The third kappa shape index (κ3) is 2.73. The van der Waals surface area contributed by atoms with Gasteiger partial charge in [0.15, 0.2) is 0 Å². The van der Waals surface area contributed by atoms with Crippen molar-refractivity contribution in [3.05, 3.63) is 64.1 Å². The van der Waals surface area contributed by atoms with Crippen LogP contribution in [0.1, 0.15) is 22.8 Å². The Morgan fingerprint density at radius 3 is 2.63 bits per heavy atom. The molecule has 1 N–H and O–H groups in total. The molecule has 0 aliphatic carbocycles. The quantitative estimate of drug-likeness (QED) is 0.916. The summed E-state index contributed by atoms with van der Waals surface area (Å²) in [5.41, 5.74) is 2.03. The number of carbonyl (C=O) groups is 1. The van der Waals surface area contributed by atoms with Crippen molar-refractivity contribution in [3.63, 3.8) is 0 Å². The number of amides is 1. The smallest absolute Gasteiger partial charge is 0.258 e. The van der Waals surface area contributed by atoms with Gasteiger partial charge in [-0.3, -0.25) is 9.59 Å². The van der Waals surface area contributed by atoms with Crippen LogP contribution in [-0.2, 0) is 0 Å². The Bertz CT molecular complexity index is 646. The molecule has 98 valence electrons. The van der Waals surface area contributed by atoms with Crippen molar-refractivity contribution in [2.45, 2.75) is 13.8 Å². The van der Waals surface area contributed by atoms with Crippen molar-refractivity contribution in [1.29, 1.82) is 0 Å². The van der Waals surface area contributed by atoms with Gasteiger partial charge in [-0.15, -0.1) is 0 Å². The lowest BCUT2D eigenvalue weighted by Gasteiger charge is -2.22. The van der Waals surface area contributed by atoms with Crippen LogP contribution >= 0.6 is 0 Å². The van der Waals surface area contributed by atoms with Crippen molar-refractivity contribution >= 4 is 11.6 Å². The van der Waals surface area contributed by atoms with E-state index < -0.39 is 0 Å². The molecule has 2 rings (SSSR count). The van der Waals surface area contributed by atoms with E-state index in [0.717, 1.165) is 11.3 Å². The molecule has 0 atom stereocenters. The average Bonchev–Trinajstić information content (AvgIpc) is 2.41. The Morgan fingerprint density at radius 2 is 2.00 bits per heavy atom. The Hall–Kier alpha value is -2.36. The first kappa shape index (κ1) is 13.1. The number of para-hydroxylation sites is 1. The van der Waals surface area contributed by atoms with Crippen LogP contribution in [0.2, 0.25) is 0 Å². The molecule has 4 heteroatoms. The predicted molar refractivity (Wildman–Crippen MR) is 75.6 cm³/mol. The molecule has 1 amide bonds. The first-order valence-electron chi connectivity index (χ1n) is 6.19. The topological polar surface area (TPSA) is 53.2 Å². The SMILES string of the molecule is CCN(C(=O)c1cc[nH]c(=O)c1)c1ccccc1C. The van der Waals surface area contributed by atoms with Crippen LogP contribution in [0, 0.1) is 6.92 Å². The number of nitrogens with one attached hydrogen (secondary N) is 1. The molecule has 4 nitrogen and oxygen atoms in total. The molecular formula is C15H16N2O2. The summed E-state index contributed by atoms with van der Waals surface area (Å²) in [5.74, 6) is -0.164. The maximum Gasteiger partial charge on any atom is 0.258 e. The maximum atomic E-state index is 12.5. The highest BCUT2D eigenvalue weighted by Crippen LogP contribution is 2.20. The number of hydrogen-bond donors (Lipinski definition) is 1. The highest BCUT2D eigenvalue weighted by molar-refractivity contribution is 6.06. The Labute approximate surface area is 111 Å². The summed E-state index contributed by atoms with van der Waals surface area (Å²) >= 11 is 0. The van der Waals surface area contributed by atoms with Gasteiger partial charge in [-0.2, -0.15) is 0 Å². The van der Waals surface area contributed by atoms with Crippen molar-refractivity contribution < 1.29 is 4.79 Å². The molecule has 0 unspecified atom stereocenters. The molecule has 19 heavy (non-hydrogen) atoms. The molecule has 0 aliphatic rings. The van der Waals surface area contributed by atoms with E-state index in [4.69, 9.17) is 0 Å². The number of rotatable bonds is 3. The zero-order chi connectivity index (χ0) is 13.8.